The molecule has 7 heteroatoms. The molecule has 3 rings (SSSR count). The number of likely N-dealkylation sites (tertiary alicyclic amines) is 1. The zero-order chi connectivity index (χ0) is 18.7. The van der Waals surface area contributed by atoms with Crippen molar-refractivity contribution in [3.63, 3.8) is 0 Å². The maximum Gasteiger partial charge on any atom is 0.238 e. The summed E-state index contributed by atoms with van der Waals surface area (Å²) in [4.78, 5) is 26.0. The number of rotatable bonds is 5. The zero-order valence-corrected chi connectivity index (χ0v) is 15.2. The number of hydrogen-bond acceptors (Lipinski definition) is 4. The number of piperidine rings is 1. The number of primary amides is 1. The van der Waals surface area contributed by atoms with Crippen molar-refractivity contribution in [1.82, 2.24) is 14.7 Å². The van der Waals surface area contributed by atoms with Crippen molar-refractivity contribution in [2.75, 3.05) is 18.4 Å². The van der Waals surface area contributed by atoms with Gasteiger partial charge >= 0.3 is 0 Å². The summed E-state index contributed by atoms with van der Waals surface area (Å²) in [5, 5.41) is 7.50. The first-order valence-corrected chi connectivity index (χ1v) is 8.92. The van der Waals surface area contributed by atoms with Gasteiger partial charge in [-0.25, -0.2) is 4.68 Å². The van der Waals surface area contributed by atoms with Crippen molar-refractivity contribution < 1.29 is 9.59 Å². The van der Waals surface area contributed by atoms with Gasteiger partial charge in [-0.2, -0.15) is 5.10 Å². The van der Waals surface area contributed by atoms with Gasteiger partial charge in [0.25, 0.3) is 0 Å². The molecule has 3 N–H and O–H groups in total. The molecule has 0 unspecified atom stereocenters. The lowest BCUT2D eigenvalue weighted by molar-refractivity contribution is -0.126. The number of anilines is 1. The van der Waals surface area contributed by atoms with E-state index >= 15 is 0 Å². The summed E-state index contributed by atoms with van der Waals surface area (Å²) < 4.78 is 1.82. The van der Waals surface area contributed by atoms with Gasteiger partial charge in [-0.05, 0) is 45.4 Å². The number of hydrogen-bond donors (Lipinski definition) is 2. The Balaban J connectivity index is 1.73. The Kier molecular flexibility index (Phi) is 5.37. The van der Waals surface area contributed by atoms with Crippen LogP contribution in [0.1, 0.15) is 30.7 Å². The molecule has 0 spiro atoms. The zero-order valence-electron chi connectivity index (χ0n) is 15.2. The Bertz CT molecular complexity index is 800. The van der Waals surface area contributed by atoms with E-state index in [9.17, 15) is 9.59 Å². The maximum absolute atomic E-state index is 12.6. The number of amides is 2. The van der Waals surface area contributed by atoms with Crippen LogP contribution in [-0.4, -0.2) is 45.6 Å². The molecule has 26 heavy (non-hydrogen) atoms. The van der Waals surface area contributed by atoms with Crippen molar-refractivity contribution >= 4 is 17.5 Å². The average molecular weight is 355 g/mol. The summed E-state index contributed by atoms with van der Waals surface area (Å²) in [5.74, 6) is -0.515. The molecule has 0 radical (unpaired) electrons. The van der Waals surface area contributed by atoms with Crippen LogP contribution < -0.4 is 11.1 Å². The number of nitrogens with two attached hydrogens (primary N) is 1. The fraction of sp³-hybridized carbons (Fsp3) is 0.421. The topological polar surface area (TPSA) is 93.2 Å². The van der Waals surface area contributed by atoms with Crippen LogP contribution in [0.25, 0.3) is 5.69 Å². The van der Waals surface area contributed by atoms with Gasteiger partial charge < -0.3 is 11.1 Å². The van der Waals surface area contributed by atoms with Crippen LogP contribution in [-0.2, 0) is 9.59 Å². The minimum atomic E-state index is -0.359. The third-order valence-electron chi connectivity index (χ3n) is 4.85. The van der Waals surface area contributed by atoms with Crippen LogP contribution in [0.4, 0.5) is 5.69 Å². The van der Waals surface area contributed by atoms with E-state index in [1.165, 1.54) is 0 Å². The van der Waals surface area contributed by atoms with E-state index < -0.39 is 0 Å². The van der Waals surface area contributed by atoms with Crippen LogP contribution in [0.5, 0.6) is 0 Å². The molecule has 1 aliphatic rings. The SMILES string of the molecule is Cc1nn(-c2ccccc2)c(C)c1NC(=O)CN1CCCC[C@@H]1C(N)=O. The Labute approximate surface area is 153 Å². The lowest BCUT2D eigenvalue weighted by Crippen LogP contribution is -2.50. The average Bonchev–Trinajstić information content (AvgIpc) is 2.91. The number of benzene rings is 1. The van der Waals surface area contributed by atoms with E-state index in [0.29, 0.717) is 18.7 Å². The van der Waals surface area contributed by atoms with Crippen molar-refractivity contribution in [3.05, 3.63) is 41.7 Å². The molecule has 1 aliphatic heterocycles. The molecule has 0 saturated carbocycles. The highest BCUT2D eigenvalue weighted by Crippen LogP contribution is 2.23. The van der Waals surface area contributed by atoms with Crippen molar-refractivity contribution in [2.24, 2.45) is 5.73 Å². The fourth-order valence-corrected chi connectivity index (χ4v) is 3.51. The lowest BCUT2D eigenvalue weighted by atomic mass is 10.0. The highest BCUT2D eigenvalue weighted by atomic mass is 16.2. The summed E-state index contributed by atoms with van der Waals surface area (Å²) in [6.45, 7) is 4.66. The smallest absolute Gasteiger partial charge is 0.238 e. The van der Waals surface area contributed by atoms with Gasteiger partial charge in [0.2, 0.25) is 11.8 Å². The minimum Gasteiger partial charge on any atom is -0.368 e. The molecule has 138 valence electrons. The van der Waals surface area contributed by atoms with E-state index in [1.807, 2.05) is 53.8 Å². The normalized spacial score (nSPS) is 17.8. The number of nitrogens with zero attached hydrogens (tertiary/aromatic N) is 3. The van der Waals surface area contributed by atoms with Gasteiger partial charge in [-0.1, -0.05) is 24.6 Å². The van der Waals surface area contributed by atoms with E-state index in [1.54, 1.807) is 0 Å². The molecule has 2 heterocycles. The highest BCUT2D eigenvalue weighted by molar-refractivity contribution is 5.94. The number of nitrogens with one attached hydrogen (secondary N) is 1. The molecule has 1 saturated heterocycles. The Hall–Kier alpha value is -2.67. The molecule has 7 nitrogen and oxygen atoms in total. The summed E-state index contributed by atoms with van der Waals surface area (Å²) >= 11 is 0. The largest absolute Gasteiger partial charge is 0.368 e. The predicted molar refractivity (Wildman–Crippen MR) is 100 cm³/mol. The fourth-order valence-electron chi connectivity index (χ4n) is 3.51. The number of aryl methyl sites for hydroxylation is 1. The molecule has 1 aromatic heterocycles. The highest BCUT2D eigenvalue weighted by Gasteiger charge is 2.28. The molecule has 2 aromatic rings. The summed E-state index contributed by atoms with van der Waals surface area (Å²) in [6.07, 6.45) is 2.65. The third kappa shape index (κ3) is 3.77. The van der Waals surface area contributed by atoms with Crippen LogP contribution >= 0.6 is 0 Å². The first kappa shape index (κ1) is 18.1. The minimum absolute atomic E-state index is 0.156. The number of carbonyl (C=O) groups is 2. The van der Waals surface area contributed by atoms with E-state index in [2.05, 4.69) is 10.4 Å². The van der Waals surface area contributed by atoms with Gasteiger partial charge in [0.15, 0.2) is 0 Å². The second kappa shape index (κ2) is 7.70. The predicted octanol–water partition coefficient (Wildman–Crippen LogP) is 1.77. The summed E-state index contributed by atoms with van der Waals surface area (Å²) in [7, 11) is 0. The first-order chi connectivity index (χ1) is 12.5. The molecule has 0 bridgehead atoms. The summed E-state index contributed by atoms with van der Waals surface area (Å²) in [5.41, 5.74) is 8.76. The number of para-hydroxylation sites is 1. The van der Waals surface area contributed by atoms with Crippen molar-refractivity contribution in [2.45, 2.75) is 39.2 Å². The second-order valence-electron chi connectivity index (χ2n) is 6.73. The molecule has 1 atom stereocenters. The van der Waals surface area contributed by atoms with Crippen LogP contribution in [0, 0.1) is 13.8 Å². The molecule has 1 fully saturated rings. The quantitative estimate of drug-likeness (QED) is 0.855. The van der Waals surface area contributed by atoms with Crippen LogP contribution in [0.15, 0.2) is 30.3 Å². The van der Waals surface area contributed by atoms with Crippen molar-refractivity contribution in [1.29, 1.82) is 0 Å². The maximum atomic E-state index is 12.6. The van der Waals surface area contributed by atoms with Gasteiger partial charge in [-0.3, -0.25) is 14.5 Å². The van der Waals surface area contributed by atoms with E-state index in [4.69, 9.17) is 5.73 Å². The molecule has 2 amide bonds. The van der Waals surface area contributed by atoms with Crippen molar-refractivity contribution in [3.8, 4) is 5.69 Å². The molecular weight excluding hydrogens is 330 g/mol. The number of carbonyl (C=O) groups excluding carboxylic acids is 2. The molecule has 1 aromatic carbocycles. The lowest BCUT2D eigenvalue weighted by Gasteiger charge is -2.32. The Morgan fingerprint density at radius 3 is 2.65 bits per heavy atom. The third-order valence-corrected chi connectivity index (χ3v) is 4.85. The van der Waals surface area contributed by atoms with Gasteiger partial charge in [0.05, 0.1) is 35.3 Å². The van der Waals surface area contributed by atoms with Crippen LogP contribution in [0.2, 0.25) is 0 Å². The Morgan fingerprint density at radius 1 is 1.23 bits per heavy atom. The standard InChI is InChI=1S/C19H25N5O2/c1-13-18(14(2)24(22-13)15-8-4-3-5-9-15)21-17(25)12-23-11-7-6-10-16(23)19(20)26/h3-5,8-9,16H,6-7,10-12H2,1-2H3,(H2,20,26)(H,21,25)/t16-/m1/s1. The number of aromatic nitrogens is 2. The van der Waals surface area contributed by atoms with Gasteiger partial charge in [0, 0.05) is 0 Å². The monoisotopic (exact) mass is 355 g/mol. The first-order valence-electron chi connectivity index (χ1n) is 8.92. The molecule has 0 aliphatic carbocycles. The summed E-state index contributed by atoms with van der Waals surface area (Å²) in [6, 6.07) is 9.43. The van der Waals surface area contributed by atoms with E-state index in [-0.39, 0.29) is 24.4 Å². The second-order valence-corrected chi connectivity index (χ2v) is 6.73. The Morgan fingerprint density at radius 2 is 1.96 bits per heavy atom. The van der Waals surface area contributed by atoms with Gasteiger partial charge in [0.1, 0.15) is 0 Å². The van der Waals surface area contributed by atoms with Crippen LogP contribution in [0.3, 0.4) is 0 Å². The van der Waals surface area contributed by atoms with Gasteiger partial charge in [-0.15, -0.1) is 0 Å². The molecular formula is C19H25N5O2. The van der Waals surface area contributed by atoms with E-state index in [0.717, 1.165) is 29.9 Å².